The van der Waals surface area contributed by atoms with Crippen molar-refractivity contribution in [3.05, 3.63) is 29.8 Å². The average Bonchev–Trinajstić information content (AvgIpc) is 2.38. The van der Waals surface area contributed by atoms with Crippen molar-refractivity contribution in [3.63, 3.8) is 0 Å². The standard InChI is InChI=1S/C16H25NO2/c1-6-19-16-10-8-7-9-14(16)15(18)11-17(5)13(4)12(2)3/h7-10,12-13H,6,11H2,1-5H3. The number of hydrogen-bond donors (Lipinski definition) is 0. The van der Waals surface area contributed by atoms with Gasteiger partial charge in [-0.05, 0) is 38.9 Å². The molecular formula is C16H25NO2. The number of rotatable bonds is 7. The molecule has 0 saturated carbocycles. The summed E-state index contributed by atoms with van der Waals surface area (Å²) in [6.45, 7) is 9.39. The third kappa shape index (κ3) is 4.35. The molecule has 0 aliphatic rings. The molecule has 1 rings (SSSR count). The van der Waals surface area contributed by atoms with E-state index in [2.05, 4.69) is 25.7 Å². The van der Waals surface area contributed by atoms with E-state index in [1.54, 1.807) is 0 Å². The van der Waals surface area contributed by atoms with E-state index in [-0.39, 0.29) is 5.78 Å². The van der Waals surface area contributed by atoms with Crippen molar-refractivity contribution < 1.29 is 9.53 Å². The van der Waals surface area contributed by atoms with Crippen LogP contribution in [0.25, 0.3) is 0 Å². The van der Waals surface area contributed by atoms with Crippen molar-refractivity contribution in [3.8, 4) is 5.75 Å². The Balaban J connectivity index is 2.78. The third-order valence-electron chi connectivity index (χ3n) is 3.54. The number of benzene rings is 1. The Labute approximate surface area is 116 Å². The summed E-state index contributed by atoms with van der Waals surface area (Å²) >= 11 is 0. The zero-order valence-electron chi connectivity index (χ0n) is 12.6. The lowest BCUT2D eigenvalue weighted by Crippen LogP contribution is -2.37. The molecule has 106 valence electrons. The highest BCUT2D eigenvalue weighted by atomic mass is 16.5. The number of ether oxygens (including phenoxy) is 1. The van der Waals surface area contributed by atoms with Gasteiger partial charge in [0.25, 0.3) is 0 Å². The predicted molar refractivity (Wildman–Crippen MR) is 78.9 cm³/mol. The van der Waals surface area contributed by atoms with Crippen LogP contribution in [0.3, 0.4) is 0 Å². The molecule has 0 spiro atoms. The van der Waals surface area contributed by atoms with E-state index in [0.717, 1.165) is 0 Å². The molecule has 0 bridgehead atoms. The minimum Gasteiger partial charge on any atom is -0.493 e. The largest absolute Gasteiger partial charge is 0.493 e. The van der Waals surface area contributed by atoms with Gasteiger partial charge in [-0.2, -0.15) is 0 Å². The lowest BCUT2D eigenvalue weighted by molar-refractivity contribution is 0.0903. The fourth-order valence-electron chi connectivity index (χ4n) is 1.94. The first kappa shape index (κ1) is 15.7. The van der Waals surface area contributed by atoms with E-state index >= 15 is 0 Å². The molecule has 3 nitrogen and oxygen atoms in total. The molecule has 0 amide bonds. The van der Waals surface area contributed by atoms with Gasteiger partial charge in [0.15, 0.2) is 5.78 Å². The van der Waals surface area contributed by atoms with Gasteiger partial charge in [-0.15, -0.1) is 0 Å². The Morgan fingerprint density at radius 2 is 1.89 bits per heavy atom. The maximum absolute atomic E-state index is 12.4. The van der Waals surface area contributed by atoms with Crippen molar-refractivity contribution in [2.24, 2.45) is 5.92 Å². The number of nitrogens with zero attached hydrogens (tertiary/aromatic N) is 1. The molecule has 0 N–H and O–H groups in total. The van der Waals surface area contributed by atoms with Crippen molar-refractivity contribution >= 4 is 5.78 Å². The molecule has 19 heavy (non-hydrogen) atoms. The zero-order chi connectivity index (χ0) is 14.4. The van der Waals surface area contributed by atoms with Crippen LogP contribution < -0.4 is 4.74 Å². The van der Waals surface area contributed by atoms with Crippen LogP contribution in [0, 0.1) is 5.92 Å². The maximum Gasteiger partial charge on any atom is 0.180 e. The molecule has 1 unspecified atom stereocenters. The zero-order valence-corrected chi connectivity index (χ0v) is 12.6. The van der Waals surface area contributed by atoms with Gasteiger partial charge < -0.3 is 4.74 Å². The molecule has 1 aromatic rings. The predicted octanol–water partition coefficient (Wildman–Crippen LogP) is 3.24. The number of likely N-dealkylation sites (N-methyl/N-ethyl adjacent to an activating group) is 1. The Kier molecular flexibility index (Phi) is 6.03. The first-order chi connectivity index (χ1) is 8.97. The van der Waals surface area contributed by atoms with E-state index in [9.17, 15) is 4.79 Å². The summed E-state index contributed by atoms with van der Waals surface area (Å²) in [5.41, 5.74) is 0.673. The van der Waals surface area contributed by atoms with Crippen molar-refractivity contribution in [2.45, 2.75) is 33.7 Å². The Bertz CT molecular complexity index is 415. The molecule has 0 heterocycles. The van der Waals surface area contributed by atoms with E-state index < -0.39 is 0 Å². The van der Waals surface area contributed by atoms with Crippen LogP contribution in [-0.4, -0.2) is 36.9 Å². The summed E-state index contributed by atoms with van der Waals surface area (Å²) in [6, 6.07) is 7.83. The molecule has 0 fully saturated rings. The molecule has 0 aliphatic heterocycles. The van der Waals surface area contributed by atoms with Gasteiger partial charge in [0.1, 0.15) is 5.75 Å². The second-order valence-electron chi connectivity index (χ2n) is 5.25. The monoisotopic (exact) mass is 263 g/mol. The fourth-order valence-corrected chi connectivity index (χ4v) is 1.94. The minimum absolute atomic E-state index is 0.110. The lowest BCUT2D eigenvalue weighted by Gasteiger charge is -2.27. The van der Waals surface area contributed by atoms with Gasteiger partial charge in [-0.25, -0.2) is 0 Å². The number of para-hydroxylation sites is 1. The smallest absolute Gasteiger partial charge is 0.180 e. The molecule has 1 atom stereocenters. The normalized spacial score (nSPS) is 12.8. The van der Waals surface area contributed by atoms with Crippen molar-refractivity contribution in [2.75, 3.05) is 20.2 Å². The van der Waals surface area contributed by atoms with Gasteiger partial charge in [0.05, 0.1) is 18.7 Å². The SMILES string of the molecule is CCOc1ccccc1C(=O)CN(C)C(C)C(C)C. The first-order valence-corrected chi connectivity index (χ1v) is 6.92. The van der Waals surface area contributed by atoms with Crippen LogP contribution in [0.2, 0.25) is 0 Å². The highest BCUT2D eigenvalue weighted by Crippen LogP contribution is 2.19. The summed E-state index contributed by atoms with van der Waals surface area (Å²) < 4.78 is 5.51. The molecular weight excluding hydrogens is 238 g/mol. The van der Waals surface area contributed by atoms with Crippen molar-refractivity contribution in [1.29, 1.82) is 0 Å². The van der Waals surface area contributed by atoms with E-state index in [4.69, 9.17) is 4.74 Å². The summed E-state index contributed by atoms with van der Waals surface area (Å²) in [5, 5.41) is 0. The van der Waals surface area contributed by atoms with Gasteiger partial charge in [-0.1, -0.05) is 26.0 Å². The van der Waals surface area contributed by atoms with E-state index in [1.165, 1.54) is 0 Å². The molecule has 0 aromatic heterocycles. The van der Waals surface area contributed by atoms with Gasteiger partial charge >= 0.3 is 0 Å². The quantitative estimate of drug-likeness (QED) is 0.707. The second-order valence-corrected chi connectivity index (χ2v) is 5.25. The lowest BCUT2D eigenvalue weighted by atomic mass is 10.0. The van der Waals surface area contributed by atoms with Gasteiger partial charge in [-0.3, -0.25) is 9.69 Å². The molecule has 3 heteroatoms. The average molecular weight is 263 g/mol. The number of hydrogen-bond acceptors (Lipinski definition) is 3. The third-order valence-corrected chi connectivity index (χ3v) is 3.54. The van der Waals surface area contributed by atoms with Crippen LogP contribution in [0.5, 0.6) is 5.75 Å². The second kappa shape index (κ2) is 7.29. The van der Waals surface area contributed by atoms with Crippen LogP contribution in [-0.2, 0) is 0 Å². The molecule has 0 aliphatic carbocycles. The minimum atomic E-state index is 0.110. The maximum atomic E-state index is 12.4. The Hall–Kier alpha value is -1.35. The number of Topliss-reactive ketones (excluding diaryl/α,β-unsaturated/α-hetero) is 1. The van der Waals surface area contributed by atoms with Crippen molar-refractivity contribution in [1.82, 2.24) is 4.90 Å². The van der Waals surface area contributed by atoms with Gasteiger partial charge in [0.2, 0.25) is 0 Å². The molecule has 0 saturated heterocycles. The number of carbonyl (C=O) groups is 1. The summed E-state index contributed by atoms with van der Waals surface area (Å²) in [7, 11) is 1.99. The van der Waals surface area contributed by atoms with Gasteiger partial charge in [0, 0.05) is 6.04 Å². The summed E-state index contributed by atoms with van der Waals surface area (Å²) in [4.78, 5) is 14.4. The van der Waals surface area contributed by atoms with E-state index in [0.29, 0.717) is 36.4 Å². The topological polar surface area (TPSA) is 29.5 Å². The summed E-state index contributed by atoms with van der Waals surface area (Å²) in [5.74, 6) is 1.32. The highest BCUT2D eigenvalue weighted by molar-refractivity contribution is 6.00. The van der Waals surface area contributed by atoms with Crippen LogP contribution in [0.4, 0.5) is 0 Å². The highest BCUT2D eigenvalue weighted by Gasteiger charge is 2.18. The Morgan fingerprint density at radius 3 is 2.47 bits per heavy atom. The molecule has 0 radical (unpaired) electrons. The van der Waals surface area contributed by atoms with Crippen LogP contribution >= 0.6 is 0 Å². The fraction of sp³-hybridized carbons (Fsp3) is 0.562. The van der Waals surface area contributed by atoms with E-state index in [1.807, 2.05) is 38.2 Å². The number of carbonyl (C=O) groups excluding carboxylic acids is 1. The van der Waals surface area contributed by atoms with Crippen LogP contribution in [0.15, 0.2) is 24.3 Å². The number of ketones is 1. The Morgan fingerprint density at radius 1 is 1.26 bits per heavy atom. The molecule has 1 aromatic carbocycles. The first-order valence-electron chi connectivity index (χ1n) is 6.92. The van der Waals surface area contributed by atoms with Crippen LogP contribution in [0.1, 0.15) is 38.1 Å². The summed E-state index contributed by atoms with van der Waals surface area (Å²) in [6.07, 6.45) is 0.